The molecule has 2 aromatic rings. The molecule has 138 valence electrons. The molecule has 26 heavy (non-hydrogen) atoms. The van der Waals surface area contributed by atoms with E-state index in [1.807, 2.05) is 11.0 Å². The van der Waals surface area contributed by atoms with E-state index in [2.05, 4.69) is 21.9 Å². The highest BCUT2D eigenvalue weighted by Crippen LogP contribution is 2.23. The number of piperidine rings is 1. The summed E-state index contributed by atoms with van der Waals surface area (Å²) in [6.45, 7) is 5.08. The Kier molecular flexibility index (Phi) is 5.46. The molecule has 3 heterocycles. The lowest BCUT2D eigenvalue weighted by Crippen LogP contribution is -2.50. The van der Waals surface area contributed by atoms with Crippen molar-refractivity contribution >= 4 is 5.91 Å². The van der Waals surface area contributed by atoms with Crippen molar-refractivity contribution < 1.29 is 4.79 Å². The maximum atomic E-state index is 12.8. The van der Waals surface area contributed by atoms with Crippen LogP contribution in [0.25, 0.3) is 11.4 Å². The number of hydrogen-bond donors (Lipinski definition) is 2. The SMILES string of the molecule is Cc1nc(-c2cccnc2)[nH]c(=O)c1CC(=O)N1CCC(C)CC1CN. The zero-order valence-corrected chi connectivity index (χ0v) is 15.2. The van der Waals surface area contributed by atoms with Crippen molar-refractivity contribution in [1.29, 1.82) is 0 Å². The van der Waals surface area contributed by atoms with Crippen molar-refractivity contribution in [2.75, 3.05) is 13.1 Å². The van der Waals surface area contributed by atoms with Gasteiger partial charge in [0.25, 0.3) is 5.56 Å². The molecule has 0 bridgehead atoms. The zero-order chi connectivity index (χ0) is 18.7. The van der Waals surface area contributed by atoms with Gasteiger partial charge in [0.05, 0.1) is 6.42 Å². The highest BCUT2D eigenvalue weighted by Gasteiger charge is 2.29. The first-order valence-corrected chi connectivity index (χ1v) is 8.99. The monoisotopic (exact) mass is 355 g/mol. The molecule has 7 nitrogen and oxygen atoms in total. The molecule has 1 amide bonds. The van der Waals surface area contributed by atoms with Gasteiger partial charge in [0.15, 0.2) is 0 Å². The summed E-state index contributed by atoms with van der Waals surface area (Å²) >= 11 is 0. The molecule has 0 aliphatic carbocycles. The number of aryl methyl sites for hydroxylation is 1. The second-order valence-electron chi connectivity index (χ2n) is 7.00. The van der Waals surface area contributed by atoms with Crippen LogP contribution in [0.4, 0.5) is 0 Å². The fraction of sp³-hybridized carbons (Fsp3) is 0.474. The highest BCUT2D eigenvalue weighted by molar-refractivity contribution is 5.79. The summed E-state index contributed by atoms with van der Waals surface area (Å²) in [5.74, 6) is 0.971. The van der Waals surface area contributed by atoms with Crippen LogP contribution in [-0.4, -0.2) is 44.9 Å². The molecule has 0 aromatic carbocycles. The maximum Gasteiger partial charge on any atom is 0.255 e. The lowest BCUT2D eigenvalue weighted by atomic mass is 9.92. The maximum absolute atomic E-state index is 12.8. The Hall–Kier alpha value is -2.54. The average molecular weight is 355 g/mol. The van der Waals surface area contributed by atoms with Crippen LogP contribution in [-0.2, 0) is 11.2 Å². The predicted molar refractivity (Wildman–Crippen MR) is 99.5 cm³/mol. The Morgan fingerprint density at radius 2 is 2.27 bits per heavy atom. The van der Waals surface area contributed by atoms with Crippen LogP contribution >= 0.6 is 0 Å². The summed E-state index contributed by atoms with van der Waals surface area (Å²) in [4.78, 5) is 38.4. The summed E-state index contributed by atoms with van der Waals surface area (Å²) in [5.41, 5.74) is 7.29. The second-order valence-corrected chi connectivity index (χ2v) is 7.00. The minimum absolute atomic E-state index is 0.0480. The number of aromatic amines is 1. The first kappa shape index (κ1) is 18.3. The van der Waals surface area contributed by atoms with Gasteiger partial charge in [-0.1, -0.05) is 6.92 Å². The van der Waals surface area contributed by atoms with Gasteiger partial charge in [-0.25, -0.2) is 4.98 Å². The normalized spacial score (nSPS) is 20.2. The van der Waals surface area contributed by atoms with Gasteiger partial charge in [-0.15, -0.1) is 0 Å². The summed E-state index contributed by atoms with van der Waals surface area (Å²) in [5, 5.41) is 0. The number of nitrogens with one attached hydrogen (secondary N) is 1. The van der Waals surface area contributed by atoms with Crippen LogP contribution in [0, 0.1) is 12.8 Å². The average Bonchev–Trinajstić information content (AvgIpc) is 2.64. The summed E-state index contributed by atoms with van der Waals surface area (Å²) in [6, 6.07) is 3.66. The van der Waals surface area contributed by atoms with Gasteiger partial charge in [-0.05, 0) is 37.8 Å². The Labute approximate surface area is 152 Å². The topological polar surface area (TPSA) is 105 Å². The number of hydrogen-bond acceptors (Lipinski definition) is 5. The number of likely N-dealkylation sites (tertiary alicyclic amines) is 1. The van der Waals surface area contributed by atoms with E-state index in [-0.39, 0.29) is 23.9 Å². The lowest BCUT2D eigenvalue weighted by molar-refractivity contribution is -0.134. The summed E-state index contributed by atoms with van der Waals surface area (Å²) in [6.07, 6.45) is 5.23. The van der Waals surface area contributed by atoms with Crippen LogP contribution in [0.2, 0.25) is 0 Å². The Bertz CT molecular complexity index is 834. The van der Waals surface area contributed by atoms with Gasteiger partial charge in [0, 0.05) is 48.3 Å². The van der Waals surface area contributed by atoms with E-state index in [4.69, 9.17) is 5.73 Å². The molecular weight excluding hydrogens is 330 g/mol. The molecule has 2 atom stereocenters. The van der Waals surface area contributed by atoms with E-state index < -0.39 is 0 Å². The number of carbonyl (C=O) groups excluding carboxylic acids is 1. The number of H-pyrrole nitrogens is 1. The Morgan fingerprint density at radius 1 is 1.46 bits per heavy atom. The van der Waals surface area contributed by atoms with E-state index in [1.165, 1.54) is 0 Å². The number of pyridine rings is 1. The molecular formula is C19H25N5O2. The molecule has 3 rings (SSSR count). The molecule has 0 spiro atoms. The van der Waals surface area contributed by atoms with Crippen LogP contribution < -0.4 is 11.3 Å². The third-order valence-corrected chi connectivity index (χ3v) is 5.06. The van der Waals surface area contributed by atoms with Crippen molar-refractivity contribution in [2.24, 2.45) is 11.7 Å². The van der Waals surface area contributed by atoms with Crippen LogP contribution in [0.5, 0.6) is 0 Å². The predicted octanol–water partition coefficient (Wildman–Crippen LogP) is 1.27. The molecule has 0 saturated carbocycles. The molecule has 0 radical (unpaired) electrons. The molecule has 1 aliphatic heterocycles. The van der Waals surface area contributed by atoms with Gasteiger partial charge < -0.3 is 15.6 Å². The molecule has 3 N–H and O–H groups in total. The van der Waals surface area contributed by atoms with E-state index in [0.29, 0.717) is 36.1 Å². The van der Waals surface area contributed by atoms with Crippen molar-refractivity contribution in [3.8, 4) is 11.4 Å². The number of nitrogens with two attached hydrogens (primary N) is 1. The van der Waals surface area contributed by atoms with Crippen LogP contribution in [0.1, 0.15) is 31.0 Å². The molecule has 7 heteroatoms. The standard InChI is InChI=1S/C19H25N5O2/c1-12-5-7-24(15(8-12)10-20)17(25)9-16-13(2)22-18(23-19(16)26)14-4-3-6-21-11-14/h3-4,6,11-12,15H,5,7-10,20H2,1-2H3,(H,22,23,26). The van der Waals surface area contributed by atoms with Gasteiger partial charge in [0.2, 0.25) is 5.91 Å². The lowest BCUT2D eigenvalue weighted by Gasteiger charge is -2.38. The van der Waals surface area contributed by atoms with Crippen molar-refractivity contribution in [3.63, 3.8) is 0 Å². The Balaban J connectivity index is 1.82. The van der Waals surface area contributed by atoms with E-state index in [9.17, 15) is 9.59 Å². The minimum Gasteiger partial charge on any atom is -0.338 e. The van der Waals surface area contributed by atoms with Crippen molar-refractivity contribution in [1.82, 2.24) is 19.9 Å². The fourth-order valence-corrected chi connectivity index (χ4v) is 3.51. The van der Waals surface area contributed by atoms with Gasteiger partial charge >= 0.3 is 0 Å². The minimum atomic E-state index is -0.278. The molecule has 1 aliphatic rings. The van der Waals surface area contributed by atoms with Gasteiger partial charge in [-0.3, -0.25) is 14.6 Å². The van der Waals surface area contributed by atoms with Crippen LogP contribution in [0.15, 0.2) is 29.3 Å². The third-order valence-electron chi connectivity index (χ3n) is 5.06. The number of amides is 1. The zero-order valence-electron chi connectivity index (χ0n) is 15.2. The summed E-state index contributed by atoms with van der Waals surface area (Å²) in [7, 11) is 0. The van der Waals surface area contributed by atoms with Crippen molar-refractivity contribution in [3.05, 3.63) is 46.1 Å². The van der Waals surface area contributed by atoms with E-state index >= 15 is 0 Å². The quantitative estimate of drug-likeness (QED) is 0.859. The smallest absolute Gasteiger partial charge is 0.255 e. The second kappa shape index (κ2) is 7.78. The van der Waals surface area contributed by atoms with Gasteiger partial charge in [0.1, 0.15) is 5.82 Å². The number of nitrogens with zero attached hydrogens (tertiary/aromatic N) is 3. The van der Waals surface area contributed by atoms with E-state index in [0.717, 1.165) is 18.4 Å². The largest absolute Gasteiger partial charge is 0.338 e. The fourth-order valence-electron chi connectivity index (χ4n) is 3.51. The first-order chi connectivity index (χ1) is 12.5. The molecule has 1 fully saturated rings. The first-order valence-electron chi connectivity index (χ1n) is 8.99. The molecule has 2 aromatic heterocycles. The molecule has 1 saturated heterocycles. The number of aromatic nitrogens is 3. The number of carbonyl (C=O) groups is 1. The van der Waals surface area contributed by atoms with Crippen LogP contribution in [0.3, 0.4) is 0 Å². The van der Waals surface area contributed by atoms with Gasteiger partial charge in [-0.2, -0.15) is 0 Å². The highest BCUT2D eigenvalue weighted by atomic mass is 16.2. The number of rotatable bonds is 4. The third kappa shape index (κ3) is 3.83. The van der Waals surface area contributed by atoms with Crippen molar-refractivity contribution in [2.45, 2.75) is 39.2 Å². The Morgan fingerprint density at radius 3 is 2.92 bits per heavy atom. The molecule has 2 unspecified atom stereocenters. The summed E-state index contributed by atoms with van der Waals surface area (Å²) < 4.78 is 0. The van der Waals surface area contributed by atoms with E-state index in [1.54, 1.807) is 25.4 Å².